The van der Waals surface area contributed by atoms with Crippen LogP contribution in [0.25, 0.3) is 0 Å². The molecule has 0 N–H and O–H groups in total. The number of rotatable bonds is 0. The molecule has 3 heteroatoms. The van der Waals surface area contributed by atoms with Gasteiger partial charge in [0.1, 0.15) is 0 Å². The van der Waals surface area contributed by atoms with E-state index in [2.05, 4.69) is 44.2 Å². The normalized spacial score (nSPS) is 14.7. The molecular weight excluding hydrogens is 354 g/mol. The molecule has 0 aromatic heterocycles. The van der Waals surface area contributed by atoms with E-state index < -0.39 is 0 Å². The smallest absolute Gasteiger partial charge is 1.00 e. The van der Waals surface area contributed by atoms with Crippen LogP contribution in [0.2, 0.25) is 0 Å². The average Bonchev–Trinajstić information content (AvgIpc) is 2.86. The van der Waals surface area contributed by atoms with Crippen molar-refractivity contribution < 1.29 is 51.0 Å². The van der Waals surface area contributed by atoms with E-state index in [1.807, 2.05) is 0 Å². The van der Waals surface area contributed by atoms with Gasteiger partial charge < -0.3 is 24.8 Å². The van der Waals surface area contributed by atoms with Crippen LogP contribution >= 0.6 is 0 Å². The number of hydrogen-bond donors (Lipinski definition) is 0. The zero-order valence-electron chi connectivity index (χ0n) is 11.6. The maximum atomic E-state index is 3.12. The van der Waals surface area contributed by atoms with Crippen LogP contribution in [0.3, 0.4) is 0 Å². The summed E-state index contributed by atoms with van der Waals surface area (Å²) in [6.07, 6.45) is 13.8. The van der Waals surface area contributed by atoms with Crippen molar-refractivity contribution in [2.45, 2.75) is 46.0 Å². The molecule has 0 aliphatic heterocycles. The van der Waals surface area contributed by atoms with Crippen molar-refractivity contribution in [3.05, 3.63) is 52.6 Å². The zero-order valence-corrected chi connectivity index (χ0v) is 15.6. The molecule has 0 atom stereocenters. The molecule has 0 fully saturated rings. The van der Waals surface area contributed by atoms with Gasteiger partial charge in [-0.3, -0.25) is 6.08 Å². The monoisotopic (exact) mass is 372 g/mol. The van der Waals surface area contributed by atoms with Gasteiger partial charge in [-0.15, -0.1) is 6.42 Å². The third kappa shape index (κ3) is 7.02. The van der Waals surface area contributed by atoms with Crippen LogP contribution in [0.4, 0.5) is 0 Å². The van der Waals surface area contributed by atoms with E-state index >= 15 is 0 Å². The van der Waals surface area contributed by atoms with Gasteiger partial charge in [-0.1, -0.05) is 39.5 Å². The minimum Gasteiger partial charge on any atom is -1.00 e. The third-order valence-electron chi connectivity index (χ3n) is 3.23. The molecule has 0 radical (unpaired) electrons. The van der Waals surface area contributed by atoms with Gasteiger partial charge in [-0.2, -0.15) is 28.8 Å². The molecule has 0 nitrogen and oxygen atoms in total. The molecule has 1 aromatic rings. The Morgan fingerprint density at radius 2 is 1.79 bits per heavy atom. The second-order valence-electron chi connectivity index (χ2n) is 4.76. The fourth-order valence-corrected chi connectivity index (χ4v) is 2.39. The van der Waals surface area contributed by atoms with Crippen LogP contribution in [0, 0.1) is 13.0 Å². The molecule has 0 saturated heterocycles. The van der Waals surface area contributed by atoms with Crippen molar-refractivity contribution in [1.29, 1.82) is 0 Å². The van der Waals surface area contributed by atoms with Crippen LogP contribution in [0.15, 0.2) is 29.9 Å². The number of hydrogen-bond acceptors (Lipinski definition) is 0. The Hall–Kier alpha value is 0.293. The number of aryl methyl sites for hydroxylation is 3. The Morgan fingerprint density at radius 3 is 2.26 bits per heavy atom. The first-order valence-corrected chi connectivity index (χ1v) is 6.25. The van der Waals surface area contributed by atoms with Gasteiger partial charge in [-0.05, 0) is 0 Å². The topological polar surface area (TPSA) is 0 Å². The van der Waals surface area contributed by atoms with Gasteiger partial charge in [-0.25, -0.2) is 17.7 Å². The Morgan fingerprint density at radius 1 is 1.11 bits per heavy atom. The standard InChI is InChI=1S/C10H13.C6H7.2ClH.Zr/c1-8-6-9-4-2-3-5-10(9)7-8;1-6-4-2-3-5-6;;;/h6-7H,2-5H2,1H3;2,4H,3H2,1H3;2*1H;/q2*-1;;;+4/p-2. The van der Waals surface area contributed by atoms with Gasteiger partial charge in [0.25, 0.3) is 0 Å². The molecule has 102 valence electrons. The van der Waals surface area contributed by atoms with Crippen molar-refractivity contribution >= 4 is 0 Å². The number of halogens is 2. The van der Waals surface area contributed by atoms with Gasteiger partial charge in [0, 0.05) is 0 Å². The van der Waals surface area contributed by atoms with Crippen molar-refractivity contribution in [2.24, 2.45) is 0 Å². The molecule has 1 aromatic carbocycles. The summed E-state index contributed by atoms with van der Waals surface area (Å²) in [5, 5.41) is 0. The Balaban J connectivity index is 0. The minimum absolute atomic E-state index is 0. The van der Waals surface area contributed by atoms with Gasteiger partial charge >= 0.3 is 26.2 Å². The van der Waals surface area contributed by atoms with Crippen molar-refractivity contribution in [3.8, 4) is 0 Å². The predicted octanol–water partition coefficient (Wildman–Crippen LogP) is -1.71. The molecule has 19 heavy (non-hydrogen) atoms. The van der Waals surface area contributed by atoms with Crippen molar-refractivity contribution in [1.82, 2.24) is 0 Å². The second kappa shape index (κ2) is 11.0. The molecule has 0 bridgehead atoms. The maximum Gasteiger partial charge on any atom is 4.00 e. The first-order valence-electron chi connectivity index (χ1n) is 6.25. The SMILES string of the molecule is CC1=[C-]CC=C1.Cc1cc2c([cH-]1)CCCC2.[Cl-].[Cl-].[Zr+4]. The summed E-state index contributed by atoms with van der Waals surface area (Å²) in [5.41, 5.74) is 5.95. The first kappa shape index (κ1) is 21.6. The zero-order chi connectivity index (χ0) is 11.4. The summed E-state index contributed by atoms with van der Waals surface area (Å²) < 4.78 is 0. The van der Waals surface area contributed by atoms with E-state index in [4.69, 9.17) is 0 Å². The van der Waals surface area contributed by atoms with Gasteiger partial charge in [0.15, 0.2) is 0 Å². The van der Waals surface area contributed by atoms with E-state index in [0.717, 1.165) is 6.42 Å². The molecular formula is C16H20Cl2Zr. The van der Waals surface area contributed by atoms with Crippen molar-refractivity contribution in [2.75, 3.05) is 0 Å². The van der Waals surface area contributed by atoms with Gasteiger partial charge in [0.05, 0.1) is 0 Å². The minimum atomic E-state index is 0. The first-order chi connectivity index (χ1) is 7.75. The largest absolute Gasteiger partial charge is 4.00 e. The van der Waals surface area contributed by atoms with E-state index in [-0.39, 0.29) is 51.0 Å². The summed E-state index contributed by atoms with van der Waals surface area (Å²) in [6, 6.07) is 4.68. The average molecular weight is 374 g/mol. The van der Waals surface area contributed by atoms with Gasteiger partial charge in [0.2, 0.25) is 0 Å². The van der Waals surface area contributed by atoms with Crippen molar-refractivity contribution in [3.63, 3.8) is 0 Å². The summed E-state index contributed by atoms with van der Waals surface area (Å²) in [4.78, 5) is 0. The molecule has 3 rings (SSSR count). The van der Waals surface area contributed by atoms with Crippen LogP contribution in [-0.2, 0) is 39.0 Å². The summed E-state index contributed by atoms with van der Waals surface area (Å²) in [7, 11) is 0. The van der Waals surface area contributed by atoms with Crippen LogP contribution < -0.4 is 24.8 Å². The molecule has 2 aliphatic rings. The maximum absolute atomic E-state index is 3.12. The van der Waals surface area contributed by atoms with Crippen LogP contribution in [-0.4, -0.2) is 0 Å². The van der Waals surface area contributed by atoms with E-state index in [9.17, 15) is 0 Å². The quantitative estimate of drug-likeness (QED) is 0.475. The molecule has 0 spiro atoms. The van der Waals surface area contributed by atoms with E-state index in [0.29, 0.717) is 0 Å². The van der Waals surface area contributed by atoms with E-state index in [1.165, 1.54) is 36.8 Å². The Labute approximate surface area is 149 Å². The summed E-state index contributed by atoms with van der Waals surface area (Å²) in [5.74, 6) is 0. The molecule has 0 amide bonds. The molecule has 0 heterocycles. The van der Waals surface area contributed by atoms with Crippen LogP contribution in [0.1, 0.15) is 42.9 Å². The third-order valence-corrected chi connectivity index (χ3v) is 3.23. The molecule has 0 saturated carbocycles. The fraction of sp³-hybridized carbons (Fsp3) is 0.438. The Kier molecular flexibility index (Phi) is 12.5. The number of fused-ring (bicyclic) bond motifs is 1. The Bertz CT molecular complexity index is 390. The summed E-state index contributed by atoms with van der Waals surface area (Å²) >= 11 is 0. The fourth-order valence-electron chi connectivity index (χ4n) is 2.39. The predicted molar refractivity (Wildman–Crippen MR) is 69.6 cm³/mol. The van der Waals surface area contributed by atoms with E-state index in [1.54, 1.807) is 11.1 Å². The van der Waals surface area contributed by atoms with Crippen LogP contribution in [0.5, 0.6) is 0 Å². The second-order valence-corrected chi connectivity index (χ2v) is 4.76. The summed E-state index contributed by atoms with van der Waals surface area (Å²) in [6.45, 7) is 4.25. The molecule has 0 unspecified atom stereocenters. The number of allylic oxidation sites excluding steroid dienone is 4. The molecule has 2 aliphatic carbocycles.